The van der Waals surface area contributed by atoms with E-state index >= 15 is 0 Å². The van der Waals surface area contributed by atoms with Crippen LogP contribution in [0.15, 0.2) is 18.2 Å². The largest absolute Gasteiger partial charge is 0.305 e. The van der Waals surface area contributed by atoms with Crippen LogP contribution >= 0.6 is 0 Å². The van der Waals surface area contributed by atoms with Crippen molar-refractivity contribution in [2.75, 3.05) is 0 Å². The first-order valence-electron chi connectivity index (χ1n) is 2.52. The van der Waals surface area contributed by atoms with Crippen LogP contribution in [0.3, 0.4) is 0 Å². The van der Waals surface area contributed by atoms with Gasteiger partial charge < -0.3 is 0 Å². The zero-order valence-electron chi connectivity index (χ0n) is 4.87. The first kappa shape index (κ1) is 6.67. The van der Waals surface area contributed by atoms with Gasteiger partial charge in [-0.1, -0.05) is 6.07 Å². The van der Waals surface area contributed by atoms with Crippen molar-refractivity contribution in [3.8, 4) is 0 Å². The molecule has 4 heteroatoms. The summed E-state index contributed by atoms with van der Waals surface area (Å²) in [5.41, 5.74) is -0.539. The molecule has 0 aliphatic heterocycles. The Morgan fingerprint density at radius 3 is 2.80 bits per heavy atom. The summed E-state index contributed by atoms with van der Waals surface area (Å²) in [6, 6.07) is 5.68. The van der Waals surface area contributed by atoms with E-state index in [0.717, 1.165) is 12.1 Å². The molecule has 0 bridgehead atoms. The van der Waals surface area contributed by atoms with Crippen molar-refractivity contribution >= 4 is 5.69 Å². The monoisotopic (exact) mass is 140 g/mol. The summed E-state index contributed by atoms with van der Waals surface area (Å²) in [6.07, 6.45) is 0. The molecular weight excluding hydrogens is 137 g/mol. The number of halogens is 1. The van der Waals surface area contributed by atoms with Crippen LogP contribution in [-0.4, -0.2) is 4.92 Å². The highest BCUT2D eigenvalue weighted by Crippen LogP contribution is 2.13. The average Bonchev–Trinajstić information content (AvgIpc) is 1.88. The van der Waals surface area contributed by atoms with Gasteiger partial charge in [-0.2, -0.15) is 4.39 Å². The van der Waals surface area contributed by atoms with Gasteiger partial charge in [0.15, 0.2) is 0 Å². The molecule has 0 amide bonds. The second-order valence-corrected chi connectivity index (χ2v) is 1.63. The molecule has 0 saturated carbocycles. The molecule has 0 saturated heterocycles. The van der Waals surface area contributed by atoms with Gasteiger partial charge in [0.2, 0.25) is 5.82 Å². The third-order valence-electron chi connectivity index (χ3n) is 0.987. The first-order chi connectivity index (χ1) is 4.72. The lowest BCUT2D eigenvalue weighted by molar-refractivity contribution is -0.387. The van der Waals surface area contributed by atoms with Crippen LogP contribution in [-0.2, 0) is 0 Å². The molecular formula is C6H3FNO2. The highest BCUT2D eigenvalue weighted by atomic mass is 19.1. The predicted octanol–water partition coefficient (Wildman–Crippen LogP) is 1.53. The highest BCUT2D eigenvalue weighted by molar-refractivity contribution is 5.29. The normalized spacial score (nSPS) is 9.30. The molecule has 0 fully saturated rings. The number of nitro groups is 1. The molecule has 51 valence electrons. The van der Waals surface area contributed by atoms with Crippen LogP contribution in [0.1, 0.15) is 0 Å². The van der Waals surface area contributed by atoms with Gasteiger partial charge in [-0.3, -0.25) is 10.1 Å². The molecule has 0 spiro atoms. The summed E-state index contributed by atoms with van der Waals surface area (Å²) in [7, 11) is 0. The number of nitro benzene ring substituents is 1. The van der Waals surface area contributed by atoms with E-state index in [1.165, 1.54) is 6.07 Å². The molecule has 3 nitrogen and oxygen atoms in total. The fourth-order valence-corrected chi connectivity index (χ4v) is 0.543. The number of benzene rings is 1. The van der Waals surface area contributed by atoms with E-state index in [-0.39, 0.29) is 0 Å². The van der Waals surface area contributed by atoms with E-state index in [2.05, 4.69) is 6.07 Å². The van der Waals surface area contributed by atoms with Crippen molar-refractivity contribution in [1.82, 2.24) is 0 Å². The predicted molar refractivity (Wildman–Crippen MR) is 31.9 cm³/mol. The van der Waals surface area contributed by atoms with Crippen LogP contribution in [0.2, 0.25) is 0 Å². The maximum absolute atomic E-state index is 12.4. The maximum Gasteiger partial charge on any atom is 0.305 e. The third-order valence-corrected chi connectivity index (χ3v) is 0.987. The fraction of sp³-hybridized carbons (Fsp3) is 0. The van der Waals surface area contributed by atoms with Crippen LogP contribution in [0.5, 0.6) is 0 Å². The Kier molecular flexibility index (Phi) is 1.62. The molecule has 1 aromatic rings. The second-order valence-electron chi connectivity index (χ2n) is 1.63. The number of hydrogen-bond donors (Lipinski definition) is 0. The standard InChI is InChI=1S/C6H3FNO2/c7-5-3-1-2-4-6(5)8(9)10/h1,3-4H. The molecule has 10 heavy (non-hydrogen) atoms. The van der Waals surface area contributed by atoms with Gasteiger partial charge in [0.25, 0.3) is 0 Å². The Bertz CT molecular complexity index is 262. The van der Waals surface area contributed by atoms with E-state index in [4.69, 9.17) is 0 Å². The molecule has 0 aliphatic carbocycles. The molecule has 0 N–H and O–H groups in total. The van der Waals surface area contributed by atoms with E-state index in [0.29, 0.717) is 0 Å². The van der Waals surface area contributed by atoms with E-state index < -0.39 is 16.4 Å². The van der Waals surface area contributed by atoms with Gasteiger partial charge in [-0.25, -0.2) is 0 Å². The number of rotatable bonds is 1. The van der Waals surface area contributed by atoms with E-state index in [1.807, 2.05) is 0 Å². The van der Waals surface area contributed by atoms with Crippen LogP contribution in [0.25, 0.3) is 0 Å². The summed E-state index contributed by atoms with van der Waals surface area (Å²) in [5, 5.41) is 9.97. The molecule has 0 aromatic heterocycles. The molecule has 1 aromatic carbocycles. The Morgan fingerprint density at radius 2 is 2.40 bits per heavy atom. The van der Waals surface area contributed by atoms with E-state index in [1.54, 1.807) is 0 Å². The summed E-state index contributed by atoms with van der Waals surface area (Å²) < 4.78 is 12.4. The van der Waals surface area contributed by atoms with Gasteiger partial charge in [-0.05, 0) is 12.1 Å². The molecule has 0 atom stereocenters. The Hall–Kier alpha value is -1.45. The Balaban J connectivity index is 3.15. The van der Waals surface area contributed by atoms with Crippen molar-refractivity contribution < 1.29 is 9.31 Å². The topological polar surface area (TPSA) is 43.1 Å². The summed E-state index contributed by atoms with van der Waals surface area (Å²) in [6.45, 7) is 0. The van der Waals surface area contributed by atoms with Crippen molar-refractivity contribution in [2.45, 2.75) is 0 Å². The van der Waals surface area contributed by atoms with Gasteiger partial charge >= 0.3 is 5.69 Å². The summed E-state index contributed by atoms with van der Waals surface area (Å²) in [5.74, 6) is -0.830. The molecule has 0 aliphatic rings. The molecule has 1 rings (SSSR count). The minimum Gasteiger partial charge on any atom is -0.258 e. The first-order valence-corrected chi connectivity index (χ1v) is 2.52. The third kappa shape index (κ3) is 1.10. The van der Waals surface area contributed by atoms with Gasteiger partial charge in [-0.15, -0.1) is 0 Å². The maximum atomic E-state index is 12.4. The second kappa shape index (κ2) is 2.43. The summed E-state index contributed by atoms with van der Waals surface area (Å²) >= 11 is 0. The lowest BCUT2D eigenvalue weighted by atomic mass is 10.3. The van der Waals surface area contributed by atoms with Crippen LogP contribution in [0.4, 0.5) is 10.1 Å². The van der Waals surface area contributed by atoms with Crippen molar-refractivity contribution in [3.63, 3.8) is 0 Å². The lowest BCUT2D eigenvalue weighted by Crippen LogP contribution is -1.90. The Labute approximate surface area is 56.2 Å². The Morgan fingerprint density at radius 1 is 1.70 bits per heavy atom. The van der Waals surface area contributed by atoms with Crippen molar-refractivity contribution in [2.24, 2.45) is 0 Å². The van der Waals surface area contributed by atoms with Crippen molar-refractivity contribution in [1.29, 1.82) is 0 Å². The SMILES string of the molecule is O=[N+]([O-])c1c[c]ccc1F. The molecule has 0 unspecified atom stereocenters. The van der Waals surface area contributed by atoms with Gasteiger partial charge in [0.1, 0.15) is 0 Å². The molecule has 0 heterocycles. The number of hydrogen-bond acceptors (Lipinski definition) is 2. The smallest absolute Gasteiger partial charge is 0.258 e. The van der Waals surface area contributed by atoms with Crippen LogP contribution < -0.4 is 0 Å². The summed E-state index contributed by atoms with van der Waals surface area (Å²) in [4.78, 5) is 9.18. The quantitative estimate of drug-likeness (QED) is 0.438. The number of nitrogens with zero attached hydrogens (tertiary/aromatic N) is 1. The van der Waals surface area contributed by atoms with E-state index in [9.17, 15) is 14.5 Å². The zero-order chi connectivity index (χ0) is 7.56. The minimum atomic E-state index is -0.830. The van der Waals surface area contributed by atoms with Crippen LogP contribution in [0, 0.1) is 22.0 Å². The van der Waals surface area contributed by atoms with Gasteiger partial charge in [0.05, 0.1) is 4.92 Å². The zero-order valence-corrected chi connectivity index (χ0v) is 4.87. The molecule has 1 radical (unpaired) electrons. The average molecular weight is 140 g/mol. The lowest BCUT2D eigenvalue weighted by Gasteiger charge is -1.89. The van der Waals surface area contributed by atoms with Gasteiger partial charge in [0, 0.05) is 6.07 Å². The minimum absolute atomic E-state index is 0.539. The van der Waals surface area contributed by atoms with Crippen molar-refractivity contribution in [3.05, 3.63) is 40.2 Å². The highest BCUT2D eigenvalue weighted by Gasteiger charge is 2.10. The fourth-order valence-electron chi connectivity index (χ4n) is 0.543.